The van der Waals surface area contributed by atoms with E-state index in [1.54, 1.807) is 30.3 Å². The Balaban J connectivity index is 1.04. The first kappa shape index (κ1) is 39.1. The predicted octanol–water partition coefficient (Wildman–Crippen LogP) is 4.32. The first-order valence-corrected chi connectivity index (χ1v) is 19.9. The van der Waals surface area contributed by atoms with Crippen molar-refractivity contribution in [2.45, 2.75) is 78.3 Å². The Morgan fingerprint density at radius 1 is 0.982 bits per heavy atom. The maximum atomic E-state index is 15.2. The molecule has 2 aliphatic rings. The fourth-order valence-electron chi connectivity index (χ4n) is 7.86. The number of fused-ring (bicyclic) bond motifs is 1. The Labute approximate surface area is 329 Å². The highest BCUT2D eigenvalue weighted by Gasteiger charge is 2.23. The zero-order valence-electron chi connectivity index (χ0n) is 32.9. The smallest absolute Gasteiger partial charge is 0.251 e. The van der Waals surface area contributed by atoms with Crippen molar-refractivity contribution in [3.05, 3.63) is 106 Å². The summed E-state index contributed by atoms with van der Waals surface area (Å²) in [6, 6.07) is 18.8. The van der Waals surface area contributed by atoms with E-state index in [9.17, 15) is 9.59 Å². The second-order valence-electron chi connectivity index (χ2n) is 15.1. The van der Waals surface area contributed by atoms with Crippen LogP contribution in [-0.2, 0) is 37.3 Å². The number of hydrogen-bond donors (Lipinski definition) is 4. The van der Waals surface area contributed by atoms with Gasteiger partial charge in [0, 0.05) is 99.1 Å². The van der Waals surface area contributed by atoms with Crippen molar-refractivity contribution < 1.29 is 18.7 Å². The van der Waals surface area contributed by atoms with E-state index < -0.39 is 0 Å². The lowest BCUT2D eigenvalue weighted by molar-refractivity contribution is 0.0904. The molecule has 2 aliphatic heterocycles. The van der Waals surface area contributed by atoms with Crippen LogP contribution in [0.4, 0.5) is 10.1 Å². The summed E-state index contributed by atoms with van der Waals surface area (Å²) < 4.78 is 22.7. The molecule has 0 bridgehead atoms. The SMILES string of the molecule is Bc1cc(C(=O)NCc2ccc(F)c(-c3cccc(CN4CCN[C@@H](C)C4)c3)c2)cc(C(=O)NCc2c(CC)nc3c(cnn3CC)c2NC2CCOCC2)c1. The van der Waals surface area contributed by atoms with Crippen molar-refractivity contribution in [3.63, 3.8) is 0 Å². The molecule has 2 aromatic heterocycles. The largest absolute Gasteiger partial charge is 0.381 e. The van der Waals surface area contributed by atoms with Crippen molar-refractivity contribution in [2.24, 2.45) is 0 Å². The fraction of sp³-hybridized carbons (Fsp3) is 0.395. The number of nitrogens with zero attached hydrogens (tertiary/aromatic N) is 4. The monoisotopic (exact) mass is 758 g/mol. The minimum atomic E-state index is -0.320. The van der Waals surface area contributed by atoms with Gasteiger partial charge in [-0.05, 0) is 74.1 Å². The molecular weight excluding hydrogens is 706 g/mol. The van der Waals surface area contributed by atoms with Gasteiger partial charge in [-0.15, -0.1) is 0 Å². The van der Waals surface area contributed by atoms with E-state index in [1.165, 1.54) is 6.07 Å². The molecule has 292 valence electrons. The van der Waals surface area contributed by atoms with Gasteiger partial charge >= 0.3 is 0 Å². The van der Waals surface area contributed by atoms with E-state index in [0.29, 0.717) is 48.9 Å². The number of ether oxygens (including phenoxy) is 1. The summed E-state index contributed by atoms with van der Waals surface area (Å²) in [6.07, 6.45) is 4.31. The quantitative estimate of drug-likeness (QED) is 0.131. The number of anilines is 1. The number of benzene rings is 3. The Bertz CT molecular complexity index is 2200. The number of amides is 2. The lowest BCUT2D eigenvalue weighted by atomic mass is 9.91. The molecule has 11 nitrogen and oxygen atoms in total. The van der Waals surface area contributed by atoms with Gasteiger partial charge in [0.25, 0.3) is 11.8 Å². The number of aromatic nitrogens is 3. The molecular formula is C43H52BFN8O3. The van der Waals surface area contributed by atoms with Gasteiger partial charge in [-0.3, -0.25) is 14.5 Å². The molecule has 5 aromatic rings. The lowest BCUT2D eigenvalue weighted by Crippen LogP contribution is -2.48. The highest BCUT2D eigenvalue weighted by atomic mass is 19.1. The molecule has 0 saturated carbocycles. The van der Waals surface area contributed by atoms with Gasteiger partial charge in [-0.1, -0.05) is 48.8 Å². The first-order chi connectivity index (χ1) is 27.2. The van der Waals surface area contributed by atoms with Crippen molar-refractivity contribution in [1.29, 1.82) is 0 Å². The summed E-state index contributed by atoms with van der Waals surface area (Å²) in [7, 11) is 1.87. The van der Waals surface area contributed by atoms with E-state index in [4.69, 9.17) is 9.72 Å². The highest BCUT2D eigenvalue weighted by Crippen LogP contribution is 2.31. The van der Waals surface area contributed by atoms with Gasteiger partial charge in [0.15, 0.2) is 5.65 Å². The molecule has 0 aliphatic carbocycles. The van der Waals surface area contributed by atoms with Crippen LogP contribution in [0.3, 0.4) is 0 Å². The molecule has 2 saturated heterocycles. The maximum Gasteiger partial charge on any atom is 0.251 e. The number of hydrogen-bond acceptors (Lipinski definition) is 8. The number of carbonyl (C=O) groups is 2. The number of aryl methyl sites for hydroxylation is 2. The number of nitrogens with one attached hydrogen (secondary N) is 4. The number of piperazine rings is 1. The summed E-state index contributed by atoms with van der Waals surface area (Å²) >= 11 is 0. The minimum Gasteiger partial charge on any atom is -0.381 e. The van der Waals surface area contributed by atoms with Crippen molar-refractivity contribution in [1.82, 2.24) is 35.6 Å². The van der Waals surface area contributed by atoms with Crippen LogP contribution in [-0.4, -0.2) is 84.3 Å². The van der Waals surface area contributed by atoms with Crippen LogP contribution < -0.4 is 26.7 Å². The third-order valence-electron chi connectivity index (χ3n) is 10.8. The Kier molecular flexibility index (Phi) is 12.4. The van der Waals surface area contributed by atoms with Crippen LogP contribution >= 0.6 is 0 Å². The highest BCUT2D eigenvalue weighted by molar-refractivity contribution is 6.33. The molecule has 7 rings (SSSR count). The van der Waals surface area contributed by atoms with Gasteiger partial charge in [0.2, 0.25) is 0 Å². The van der Waals surface area contributed by atoms with Crippen LogP contribution in [0.15, 0.2) is 66.9 Å². The summed E-state index contributed by atoms with van der Waals surface area (Å²) in [5.41, 5.74) is 8.35. The topological polar surface area (TPSA) is 125 Å². The second-order valence-corrected chi connectivity index (χ2v) is 15.1. The first-order valence-electron chi connectivity index (χ1n) is 19.9. The summed E-state index contributed by atoms with van der Waals surface area (Å²) in [5.74, 6) is -0.922. The van der Waals surface area contributed by atoms with Gasteiger partial charge in [-0.25, -0.2) is 14.1 Å². The second kappa shape index (κ2) is 17.8. The van der Waals surface area contributed by atoms with Crippen LogP contribution in [0, 0.1) is 5.82 Å². The molecule has 0 unspecified atom stereocenters. The van der Waals surface area contributed by atoms with Crippen LogP contribution in [0.1, 0.15) is 76.7 Å². The Morgan fingerprint density at radius 2 is 1.75 bits per heavy atom. The molecule has 0 spiro atoms. The molecule has 2 fully saturated rings. The zero-order chi connectivity index (χ0) is 39.2. The molecule has 56 heavy (non-hydrogen) atoms. The molecule has 0 radical (unpaired) electrons. The van der Waals surface area contributed by atoms with Crippen LogP contribution in [0.25, 0.3) is 22.2 Å². The fourth-order valence-corrected chi connectivity index (χ4v) is 7.86. The number of halogens is 1. The maximum absolute atomic E-state index is 15.2. The van der Waals surface area contributed by atoms with Crippen molar-refractivity contribution in [3.8, 4) is 11.1 Å². The van der Waals surface area contributed by atoms with Gasteiger partial charge < -0.3 is 26.0 Å². The standard InChI is InChI=1S/C43H52BFN8O3/c1-4-39-36(40(50-34-11-15-56-16-12-34)37-24-49-53(5-2)41(37)51-39)23-48-43(55)32-19-31(20-33(44)21-32)42(54)47-22-28-9-10-38(45)35(18-28)30-8-6-7-29(17-30)26-52-14-13-46-27(3)25-52/h6-10,17-21,24,27,34,46H,4-5,11-16,22-23,25-26,44H2,1-3H3,(H,47,54)(H,48,55)(H,50,51)/t27-/m0/s1. The van der Waals surface area contributed by atoms with Crippen molar-refractivity contribution >= 4 is 41.8 Å². The van der Waals surface area contributed by atoms with Gasteiger partial charge in [-0.2, -0.15) is 5.10 Å². The van der Waals surface area contributed by atoms with Gasteiger partial charge in [0.1, 0.15) is 13.7 Å². The van der Waals surface area contributed by atoms with Crippen LogP contribution in [0.2, 0.25) is 0 Å². The molecule has 13 heteroatoms. The normalized spacial score (nSPS) is 16.5. The van der Waals surface area contributed by atoms with E-state index in [2.05, 4.69) is 51.2 Å². The van der Waals surface area contributed by atoms with E-state index >= 15 is 4.39 Å². The molecule has 4 heterocycles. The Morgan fingerprint density at radius 3 is 2.48 bits per heavy atom. The van der Waals surface area contributed by atoms with Gasteiger partial charge in [0.05, 0.1) is 17.3 Å². The predicted molar refractivity (Wildman–Crippen MR) is 222 cm³/mol. The number of rotatable bonds is 13. The lowest BCUT2D eigenvalue weighted by Gasteiger charge is -2.31. The van der Waals surface area contributed by atoms with E-state index in [0.717, 1.165) is 89.2 Å². The minimum absolute atomic E-state index is 0.201. The number of pyridine rings is 1. The molecule has 3 aromatic carbocycles. The molecule has 2 amide bonds. The van der Waals surface area contributed by atoms with Crippen molar-refractivity contribution in [2.75, 3.05) is 38.2 Å². The van der Waals surface area contributed by atoms with Crippen LogP contribution in [0.5, 0.6) is 0 Å². The Hall–Kier alpha value is -5.11. The average molecular weight is 759 g/mol. The summed E-state index contributed by atoms with van der Waals surface area (Å²) in [5, 5.41) is 18.8. The molecule has 4 N–H and O–H groups in total. The average Bonchev–Trinajstić information content (AvgIpc) is 3.63. The number of carbonyl (C=O) groups excluding carboxylic acids is 2. The van der Waals surface area contributed by atoms with E-state index in [-0.39, 0.29) is 36.8 Å². The van der Waals surface area contributed by atoms with E-state index in [1.807, 2.05) is 43.8 Å². The summed E-state index contributed by atoms with van der Waals surface area (Å²) in [6.45, 7) is 12.6. The third kappa shape index (κ3) is 9.12. The summed E-state index contributed by atoms with van der Waals surface area (Å²) in [4.78, 5) is 34.6. The zero-order valence-corrected chi connectivity index (χ0v) is 32.9. The molecule has 1 atom stereocenters. The third-order valence-corrected chi connectivity index (χ3v) is 10.8.